The van der Waals surface area contributed by atoms with Crippen LogP contribution in [0.4, 0.5) is 0 Å². The summed E-state index contributed by atoms with van der Waals surface area (Å²) in [5.41, 5.74) is 0. The number of hydrogen-bond donors (Lipinski definition) is 0. The largest absolute Gasteiger partial charge is 0.325 e. The summed E-state index contributed by atoms with van der Waals surface area (Å²) in [5.74, 6) is 0. The van der Waals surface area contributed by atoms with Gasteiger partial charge in [-0.3, -0.25) is 4.57 Å². The van der Waals surface area contributed by atoms with Crippen molar-refractivity contribution in [3.05, 3.63) is 72.8 Å². The maximum absolute atomic E-state index is 13.4. The molecule has 0 unspecified atom stereocenters. The van der Waals surface area contributed by atoms with Gasteiger partial charge in [-0.2, -0.15) is 0 Å². The molecule has 20 heavy (non-hydrogen) atoms. The Hall–Kier alpha value is -1.89. The van der Waals surface area contributed by atoms with Gasteiger partial charge in [0.15, 0.2) is 0 Å². The highest BCUT2D eigenvalue weighted by atomic mass is 31.2. The molecule has 0 spiro atoms. The maximum atomic E-state index is 13.4. The van der Waals surface area contributed by atoms with Gasteiger partial charge in [-0.1, -0.05) is 54.6 Å². The first kappa shape index (κ1) is 13.1. The van der Waals surface area contributed by atoms with Gasteiger partial charge in [0.2, 0.25) is 0 Å². The summed E-state index contributed by atoms with van der Waals surface area (Å²) in [6, 6.07) is 23.1. The van der Waals surface area contributed by atoms with E-state index in [4.69, 9.17) is 4.52 Å². The van der Waals surface area contributed by atoms with Crippen molar-refractivity contribution in [3.8, 4) is 0 Å². The highest BCUT2D eigenvalue weighted by Crippen LogP contribution is 2.45. The minimum absolute atomic E-state index is 0.721. The molecule has 0 amide bonds. The van der Waals surface area contributed by atoms with Gasteiger partial charge in [0.1, 0.15) is 0 Å². The monoisotopic (exact) mass is 282 g/mol. The summed E-state index contributed by atoms with van der Waals surface area (Å²) < 4.78 is 18.9. The molecule has 0 aliphatic heterocycles. The van der Waals surface area contributed by atoms with Gasteiger partial charge in [-0.05, 0) is 29.0 Å². The Labute approximate surface area is 118 Å². The predicted molar refractivity (Wildman–Crippen MR) is 84.3 cm³/mol. The first-order valence-corrected chi connectivity index (χ1v) is 8.08. The zero-order chi connectivity index (χ0) is 14.0. The third kappa shape index (κ3) is 2.07. The van der Waals surface area contributed by atoms with Crippen LogP contribution in [0.25, 0.3) is 10.8 Å². The molecular weight excluding hydrogens is 267 g/mol. The molecule has 100 valence electrons. The van der Waals surface area contributed by atoms with Gasteiger partial charge in [0.25, 0.3) is 7.37 Å². The van der Waals surface area contributed by atoms with Crippen LogP contribution in [0.2, 0.25) is 0 Å². The quantitative estimate of drug-likeness (QED) is 0.684. The zero-order valence-corrected chi connectivity index (χ0v) is 12.1. The van der Waals surface area contributed by atoms with Crippen LogP contribution in [0.15, 0.2) is 72.8 Å². The van der Waals surface area contributed by atoms with Gasteiger partial charge < -0.3 is 4.52 Å². The third-order valence-corrected chi connectivity index (χ3v) is 5.95. The van der Waals surface area contributed by atoms with Crippen LogP contribution in [0.1, 0.15) is 0 Å². The molecule has 0 N–H and O–H groups in total. The van der Waals surface area contributed by atoms with Crippen LogP contribution in [-0.4, -0.2) is 7.11 Å². The van der Waals surface area contributed by atoms with Crippen molar-refractivity contribution < 1.29 is 9.09 Å². The van der Waals surface area contributed by atoms with Crippen LogP contribution in [-0.2, 0) is 9.09 Å². The first-order chi connectivity index (χ1) is 9.75. The molecule has 1 atom stereocenters. The van der Waals surface area contributed by atoms with E-state index in [0.29, 0.717) is 0 Å². The van der Waals surface area contributed by atoms with Crippen LogP contribution >= 0.6 is 7.37 Å². The highest BCUT2D eigenvalue weighted by molar-refractivity contribution is 7.74. The standard InChI is InChI=1S/C17H15O2P/c1-19-20(18,15-10-3-2-4-11-15)17-13-7-9-14-8-5-6-12-16(14)17/h2-13H,1H3/t20-/m0/s1. The molecule has 0 saturated carbocycles. The lowest BCUT2D eigenvalue weighted by Crippen LogP contribution is -2.17. The fourth-order valence-corrected chi connectivity index (χ4v) is 4.49. The lowest BCUT2D eigenvalue weighted by Gasteiger charge is -2.18. The lowest BCUT2D eigenvalue weighted by molar-refractivity contribution is 0.412. The summed E-state index contributed by atoms with van der Waals surface area (Å²) >= 11 is 0. The Bertz CT molecular complexity index is 776. The maximum Gasteiger partial charge on any atom is 0.261 e. The van der Waals surface area contributed by atoms with Crippen molar-refractivity contribution in [2.24, 2.45) is 0 Å². The van der Waals surface area contributed by atoms with E-state index in [1.807, 2.05) is 72.8 Å². The molecule has 0 fully saturated rings. The Kier molecular flexibility index (Phi) is 3.43. The summed E-state index contributed by atoms with van der Waals surface area (Å²) in [7, 11) is -1.54. The second kappa shape index (κ2) is 5.24. The van der Waals surface area contributed by atoms with E-state index >= 15 is 0 Å². The van der Waals surface area contributed by atoms with Crippen molar-refractivity contribution in [3.63, 3.8) is 0 Å². The van der Waals surface area contributed by atoms with E-state index in [1.165, 1.54) is 7.11 Å². The Balaban J connectivity index is 2.30. The average Bonchev–Trinajstić information content (AvgIpc) is 2.54. The number of benzene rings is 3. The van der Waals surface area contributed by atoms with Crippen molar-refractivity contribution in [1.82, 2.24) is 0 Å². The molecule has 3 aromatic carbocycles. The SMILES string of the molecule is CO[P@@](=O)(c1ccccc1)c1cccc2ccccc12. The van der Waals surface area contributed by atoms with Crippen LogP contribution in [0, 0.1) is 0 Å². The molecule has 3 aromatic rings. The molecule has 0 saturated heterocycles. The molecule has 0 bridgehead atoms. The minimum atomic E-state index is -3.05. The average molecular weight is 282 g/mol. The lowest BCUT2D eigenvalue weighted by atomic mass is 10.1. The summed E-state index contributed by atoms with van der Waals surface area (Å²) in [4.78, 5) is 0. The molecule has 3 rings (SSSR count). The van der Waals surface area contributed by atoms with E-state index in [-0.39, 0.29) is 0 Å². The molecule has 0 heterocycles. The van der Waals surface area contributed by atoms with Crippen LogP contribution in [0.3, 0.4) is 0 Å². The van der Waals surface area contributed by atoms with E-state index in [0.717, 1.165) is 21.4 Å². The van der Waals surface area contributed by atoms with Crippen molar-refractivity contribution in [1.29, 1.82) is 0 Å². The van der Waals surface area contributed by atoms with Crippen LogP contribution in [0.5, 0.6) is 0 Å². The van der Waals surface area contributed by atoms with Crippen LogP contribution < -0.4 is 10.6 Å². The molecule has 0 aliphatic rings. The van der Waals surface area contributed by atoms with Gasteiger partial charge in [-0.25, -0.2) is 0 Å². The molecule has 0 radical (unpaired) electrons. The molecule has 3 heteroatoms. The number of rotatable bonds is 3. The fourth-order valence-electron chi connectivity index (χ4n) is 2.43. The molecular formula is C17H15O2P. The summed E-state index contributed by atoms with van der Waals surface area (Å²) in [5, 5.41) is 3.52. The normalized spacial score (nSPS) is 14.1. The second-order valence-electron chi connectivity index (χ2n) is 4.57. The van der Waals surface area contributed by atoms with Gasteiger partial charge in [0, 0.05) is 17.7 Å². The minimum Gasteiger partial charge on any atom is -0.325 e. The molecule has 0 aliphatic carbocycles. The van der Waals surface area contributed by atoms with Crippen molar-refractivity contribution in [2.45, 2.75) is 0 Å². The third-order valence-electron chi connectivity index (χ3n) is 3.44. The topological polar surface area (TPSA) is 26.3 Å². The van der Waals surface area contributed by atoms with Gasteiger partial charge in [-0.15, -0.1) is 0 Å². The van der Waals surface area contributed by atoms with Crippen molar-refractivity contribution in [2.75, 3.05) is 7.11 Å². The summed E-state index contributed by atoms with van der Waals surface area (Å²) in [6.45, 7) is 0. The molecule has 2 nitrogen and oxygen atoms in total. The molecule has 0 aromatic heterocycles. The Morgan fingerprint density at radius 2 is 1.45 bits per heavy atom. The Morgan fingerprint density at radius 1 is 0.800 bits per heavy atom. The fraction of sp³-hybridized carbons (Fsp3) is 0.0588. The first-order valence-electron chi connectivity index (χ1n) is 6.45. The second-order valence-corrected chi connectivity index (χ2v) is 7.03. The van der Waals surface area contributed by atoms with E-state index < -0.39 is 7.37 Å². The zero-order valence-electron chi connectivity index (χ0n) is 11.2. The Morgan fingerprint density at radius 3 is 2.20 bits per heavy atom. The van der Waals surface area contributed by atoms with Crippen molar-refractivity contribution >= 4 is 28.8 Å². The van der Waals surface area contributed by atoms with E-state index in [9.17, 15) is 4.57 Å². The smallest absolute Gasteiger partial charge is 0.261 e. The number of hydrogen-bond acceptors (Lipinski definition) is 2. The van der Waals surface area contributed by atoms with Gasteiger partial charge >= 0.3 is 0 Å². The number of fused-ring (bicyclic) bond motifs is 1. The van der Waals surface area contributed by atoms with E-state index in [1.54, 1.807) is 0 Å². The van der Waals surface area contributed by atoms with Gasteiger partial charge in [0.05, 0.1) is 0 Å². The highest BCUT2D eigenvalue weighted by Gasteiger charge is 2.28. The predicted octanol–water partition coefficient (Wildman–Crippen LogP) is 3.72. The van der Waals surface area contributed by atoms with E-state index in [2.05, 4.69) is 0 Å². The summed E-state index contributed by atoms with van der Waals surface area (Å²) in [6.07, 6.45) is 0.